The van der Waals surface area contributed by atoms with Crippen molar-refractivity contribution in [2.45, 2.75) is 6.61 Å². The monoisotopic (exact) mass is 449 g/mol. The predicted octanol–water partition coefficient (Wildman–Crippen LogP) is 4.11. The summed E-state index contributed by atoms with van der Waals surface area (Å²) in [6.07, 6.45) is 6.08. The predicted molar refractivity (Wildman–Crippen MR) is 118 cm³/mol. The number of amides is 1. The molecule has 0 unspecified atom stereocenters. The van der Waals surface area contributed by atoms with Crippen LogP contribution in [0.5, 0.6) is 5.88 Å². The molecule has 0 atom stereocenters. The van der Waals surface area contributed by atoms with Crippen LogP contribution in [0.1, 0.15) is 10.4 Å². The van der Waals surface area contributed by atoms with Crippen molar-refractivity contribution in [3.05, 3.63) is 78.9 Å². The molecule has 3 aromatic heterocycles. The molecule has 11 heteroatoms. The lowest BCUT2D eigenvalue weighted by Crippen LogP contribution is -2.14. The van der Waals surface area contributed by atoms with Gasteiger partial charge in [-0.3, -0.25) is 9.78 Å². The van der Waals surface area contributed by atoms with Gasteiger partial charge in [0.1, 0.15) is 0 Å². The second-order valence-electron chi connectivity index (χ2n) is 6.66. The summed E-state index contributed by atoms with van der Waals surface area (Å²) in [7, 11) is 0. The lowest BCUT2D eigenvalue weighted by molar-refractivity contribution is -0.0527. The number of nitrogens with zero attached hydrogens (tertiary/aromatic N) is 4. The van der Waals surface area contributed by atoms with Crippen LogP contribution in [0, 0.1) is 0 Å². The molecule has 9 nitrogen and oxygen atoms in total. The number of hydrogen-bond donors (Lipinski definition) is 3. The number of aromatic nitrogens is 4. The maximum absolute atomic E-state index is 12.7. The molecule has 3 heterocycles. The Morgan fingerprint density at radius 2 is 1.79 bits per heavy atom. The van der Waals surface area contributed by atoms with E-state index in [1.165, 1.54) is 0 Å². The Morgan fingerprint density at radius 3 is 2.52 bits per heavy atom. The van der Waals surface area contributed by atoms with Crippen molar-refractivity contribution >= 4 is 28.9 Å². The molecule has 0 saturated carbocycles. The Labute approximate surface area is 186 Å². The highest BCUT2D eigenvalue weighted by Crippen LogP contribution is 2.24. The summed E-state index contributed by atoms with van der Waals surface area (Å²) < 4.78 is 29.1. The zero-order valence-electron chi connectivity index (χ0n) is 16.9. The van der Waals surface area contributed by atoms with Gasteiger partial charge in [0, 0.05) is 41.5 Å². The number of ether oxygens (including phenoxy) is 1. The number of carbonyl (C=O) groups is 1. The molecule has 4 rings (SSSR count). The second kappa shape index (κ2) is 9.64. The van der Waals surface area contributed by atoms with Crippen molar-refractivity contribution in [3.8, 4) is 17.1 Å². The summed E-state index contributed by atoms with van der Waals surface area (Å²) in [5.41, 5.74) is 8.34. The molecule has 0 spiro atoms. The fourth-order valence-electron chi connectivity index (χ4n) is 2.83. The molecule has 0 fully saturated rings. The van der Waals surface area contributed by atoms with E-state index in [0.717, 1.165) is 23.5 Å². The summed E-state index contributed by atoms with van der Waals surface area (Å²) in [4.78, 5) is 29.1. The number of benzene rings is 1. The number of nitrogens with one attached hydrogen (secondary N) is 2. The summed E-state index contributed by atoms with van der Waals surface area (Å²) >= 11 is 0. The molecule has 4 N–H and O–H groups in total. The van der Waals surface area contributed by atoms with E-state index in [4.69, 9.17) is 5.73 Å². The average Bonchev–Trinajstić information content (AvgIpc) is 2.82. The molecule has 1 amide bonds. The van der Waals surface area contributed by atoms with Gasteiger partial charge in [-0.25, -0.2) is 15.0 Å². The first-order chi connectivity index (χ1) is 16.0. The van der Waals surface area contributed by atoms with Crippen LogP contribution >= 0.6 is 0 Å². The van der Waals surface area contributed by atoms with E-state index in [2.05, 4.69) is 35.3 Å². The van der Waals surface area contributed by atoms with E-state index in [1.807, 2.05) is 18.2 Å². The van der Waals surface area contributed by atoms with Crippen LogP contribution in [0.15, 0.2) is 73.3 Å². The lowest BCUT2D eigenvalue weighted by Gasteiger charge is -2.11. The SMILES string of the molecule is Nc1cnc(OC(F)F)cc1NC(=O)c1cccc(Nc2ncc(-c3ccccn3)cn2)c1. The largest absolute Gasteiger partial charge is 0.417 e. The van der Waals surface area contributed by atoms with Crippen LogP contribution in [0.25, 0.3) is 11.3 Å². The van der Waals surface area contributed by atoms with Gasteiger partial charge in [-0.05, 0) is 30.3 Å². The second-order valence-corrected chi connectivity index (χ2v) is 6.66. The maximum atomic E-state index is 12.7. The first-order valence-electron chi connectivity index (χ1n) is 9.60. The number of alkyl halides is 2. The normalized spacial score (nSPS) is 10.6. The molecule has 33 heavy (non-hydrogen) atoms. The van der Waals surface area contributed by atoms with Crippen molar-refractivity contribution < 1.29 is 18.3 Å². The van der Waals surface area contributed by atoms with Crippen LogP contribution in [0.4, 0.5) is 31.8 Å². The number of hydrogen-bond acceptors (Lipinski definition) is 8. The number of halogens is 2. The Hall–Kier alpha value is -4.67. The summed E-state index contributed by atoms with van der Waals surface area (Å²) in [6, 6.07) is 13.2. The van der Waals surface area contributed by atoms with Gasteiger partial charge in [-0.15, -0.1) is 0 Å². The summed E-state index contributed by atoms with van der Waals surface area (Å²) in [6.45, 7) is -3.05. The van der Waals surface area contributed by atoms with E-state index in [1.54, 1.807) is 42.9 Å². The molecule has 4 aromatic rings. The van der Waals surface area contributed by atoms with Gasteiger partial charge in [-0.2, -0.15) is 8.78 Å². The molecule has 166 valence electrons. The third-order valence-electron chi connectivity index (χ3n) is 4.36. The van der Waals surface area contributed by atoms with Crippen molar-refractivity contribution in [2.75, 3.05) is 16.4 Å². The summed E-state index contributed by atoms with van der Waals surface area (Å²) in [5, 5.41) is 5.59. The number of rotatable bonds is 7. The van der Waals surface area contributed by atoms with Gasteiger partial charge in [0.2, 0.25) is 11.8 Å². The molecule has 0 saturated heterocycles. The highest BCUT2D eigenvalue weighted by atomic mass is 19.3. The van der Waals surface area contributed by atoms with Crippen LogP contribution in [0.3, 0.4) is 0 Å². The molecule has 0 aliphatic rings. The van der Waals surface area contributed by atoms with E-state index in [-0.39, 0.29) is 22.8 Å². The minimum absolute atomic E-state index is 0.0949. The molecule has 0 aliphatic heterocycles. The molecule has 0 radical (unpaired) electrons. The number of pyridine rings is 2. The minimum atomic E-state index is -3.05. The highest BCUT2D eigenvalue weighted by molar-refractivity contribution is 6.06. The quantitative estimate of drug-likeness (QED) is 0.385. The fourth-order valence-corrected chi connectivity index (χ4v) is 2.83. The first-order valence-corrected chi connectivity index (χ1v) is 9.60. The smallest absolute Gasteiger partial charge is 0.388 e. The minimum Gasteiger partial charge on any atom is -0.417 e. The third kappa shape index (κ3) is 5.53. The topological polar surface area (TPSA) is 128 Å². The van der Waals surface area contributed by atoms with E-state index in [0.29, 0.717) is 11.6 Å². The zero-order chi connectivity index (χ0) is 23.2. The number of carbonyl (C=O) groups excluding carboxylic acids is 1. The fraction of sp³-hybridized carbons (Fsp3) is 0.0455. The number of nitrogen functional groups attached to an aromatic ring is 1. The number of anilines is 4. The van der Waals surface area contributed by atoms with Crippen LogP contribution in [0.2, 0.25) is 0 Å². The van der Waals surface area contributed by atoms with Crippen molar-refractivity contribution in [2.24, 2.45) is 0 Å². The van der Waals surface area contributed by atoms with Crippen LogP contribution in [-0.2, 0) is 0 Å². The van der Waals surface area contributed by atoms with Crippen LogP contribution < -0.4 is 21.1 Å². The van der Waals surface area contributed by atoms with E-state index >= 15 is 0 Å². The molecular formula is C22H17F2N7O2. The maximum Gasteiger partial charge on any atom is 0.388 e. The van der Waals surface area contributed by atoms with Crippen molar-refractivity contribution in [3.63, 3.8) is 0 Å². The third-order valence-corrected chi connectivity index (χ3v) is 4.36. The zero-order valence-corrected chi connectivity index (χ0v) is 16.9. The molecular weight excluding hydrogens is 432 g/mol. The Bertz CT molecular complexity index is 1260. The average molecular weight is 449 g/mol. The lowest BCUT2D eigenvalue weighted by atomic mass is 10.2. The first kappa shape index (κ1) is 21.6. The number of nitrogens with two attached hydrogens (primary N) is 1. The summed E-state index contributed by atoms with van der Waals surface area (Å²) in [5.74, 6) is -0.540. The van der Waals surface area contributed by atoms with Crippen LogP contribution in [-0.4, -0.2) is 32.5 Å². The van der Waals surface area contributed by atoms with E-state index < -0.39 is 12.5 Å². The molecule has 0 bridgehead atoms. The Morgan fingerprint density at radius 1 is 0.970 bits per heavy atom. The Kier molecular flexibility index (Phi) is 6.30. The van der Waals surface area contributed by atoms with Gasteiger partial charge in [0.25, 0.3) is 5.91 Å². The van der Waals surface area contributed by atoms with Gasteiger partial charge in [0.15, 0.2) is 0 Å². The van der Waals surface area contributed by atoms with Gasteiger partial charge >= 0.3 is 6.61 Å². The highest BCUT2D eigenvalue weighted by Gasteiger charge is 2.13. The molecule has 1 aromatic carbocycles. The van der Waals surface area contributed by atoms with E-state index in [9.17, 15) is 13.6 Å². The Balaban J connectivity index is 1.46. The van der Waals surface area contributed by atoms with Gasteiger partial charge in [0.05, 0.1) is 23.3 Å². The van der Waals surface area contributed by atoms with Crippen molar-refractivity contribution in [1.29, 1.82) is 0 Å². The molecule has 0 aliphatic carbocycles. The van der Waals surface area contributed by atoms with Crippen molar-refractivity contribution in [1.82, 2.24) is 19.9 Å². The van der Waals surface area contributed by atoms with Gasteiger partial charge < -0.3 is 21.1 Å². The standard InChI is InChI=1S/C22H17F2N7O2/c23-21(24)33-19-9-18(16(25)12-27-19)31-20(32)13-4-3-5-15(8-13)30-22-28-10-14(11-29-22)17-6-1-2-7-26-17/h1-12,21H,25H2,(H,27,31,32)(H,28,29,30). The van der Waals surface area contributed by atoms with Gasteiger partial charge in [-0.1, -0.05) is 12.1 Å².